The van der Waals surface area contributed by atoms with Crippen LogP contribution >= 0.6 is 19.4 Å². The summed E-state index contributed by atoms with van der Waals surface area (Å²) >= 11 is 1.24. The fraction of sp³-hybridized carbons (Fsp3) is 0.912. The minimum atomic E-state index is -5.57. The predicted molar refractivity (Wildman–Crippen MR) is 189 cm³/mol. The number of hydrogen-bond donors (Lipinski definition) is 4. The number of nitrogens with one attached hydrogen (secondary N) is 1. The Balaban J connectivity index is 4.60. The van der Waals surface area contributed by atoms with Crippen LogP contribution < -0.4 is 11.1 Å². The second-order valence-corrected chi connectivity index (χ2v) is 15.5. The molecule has 0 bridgehead atoms. The number of hydrogen-bond acceptors (Lipinski definition) is 8. The Morgan fingerprint density at radius 1 is 0.750 bits per heavy atom. The minimum Gasteiger partial charge on any atom is -0.462 e. The summed E-state index contributed by atoms with van der Waals surface area (Å²) in [5.74, 6) is -0.947. The zero-order valence-electron chi connectivity index (χ0n) is 29.6. The van der Waals surface area contributed by atoms with E-state index in [-0.39, 0.29) is 49.4 Å². The topological polar surface area (TPSA) is 165 Å². The molecule has 0 heterocycles. The molecule has 0 saturated carbocycles. The van der Waals surface area contributed by atoms with Gasteiger partial charge in [-0.25, -0.2) is 0 Å². The van der Waals surface area contributed by atoms with E-state index < -0.39 is 37.7 Å². The Kier molecular flexibility index (Phi) is 28.7. The van der Waals surface area contributed by atoms with Crippen LogP contribution in [0.3, 0.4) is 0 Å². The number of rotatable bonds is 33. The van der Waals surface area contributed by atoms with E-state index in [0.29, 0.717) is 6.42 Å². The van der Waals surface area contributed by atoms with Crippen molar-refractivity contribution >= 4 is 37.2 Å². The highest BCUT2D eigenvalue weighted by atomic mass is 32.2. The molecular formula is C34H65F2N2O8PS. The second-order valence-electron chi connectivity index (χ2n) is 12.7. The van der Waals surface area contributed by atoms with Crippen LogP contribution in [0.15, 0.2) is 0 Å². The number of carbonyl (C=O) groups is 3. The average Bonchev–Trinajstić information content (AvgIpc) is 3.03. The van der Waals surface area contributed by atoms with Gasteiger partial charge in [0.15, 0.2) is 0 Å². The van der Waals surface area contributed by atoms with Crippen LogP contribution in [-0.2, 0) is 28.4 Å². The van der Waals surface area contributed by atoms with E-state index in [1.807, 2.05) is 0 Å². The van der Waals surface area contributed by atoms with Crippen LogP contribution in [0.25, 0.3) is 0 Å². The average molecular weight is 731 g/mol. The highest BCUT2D eigenvalue weighted by Gasteiger charge is 2.47. The molecule has 2 atom stereocenters. The Labute approximate surface area is 292 Å². The van der Waals surface area contributed by atoms with Gasteiger partial charge >= 0.3 is 25.2 Å². The summed E-state index contributed by atoms with van der Waals surface area (Å²) in [6, 6.07) is -0.996. The van der Waals surface area contributed by atoms with Gasteiger partial charge in [-0.15, -0.1) is 0 Å². The van der Waals surface area contributed by atoms with Crippen molar-refractivity contribution in [2.45, 2.75) is 173 Å². The molecule has 14 heteroatoms. The Morgan fingerprint density at radius 2 is 1.21 bits per heavy atom. The molecule has 1 amide bonds. The van der Waals surface area contributed by atoms with Gasteiger partial charge in [0.2, 0.25) is 5.91 Å². The third-order valence-corrected chi connectivity index (χ3v) is 10.3. The van der Waals surface area contributed by atoms with Gasteiger partial charge in [-0.3, -0.25) is 18.9 Å². The molecule has 0 spiro atoms. The van der Waals surface area contributed by atoms with Gasteiger partial charge in [0.1, 0.15) is 12.7 Å². The normalized spacial score (nSPS) is 13.2. The Morgan fingerprint density at radius 3 is 1.69 bits per heavy atom. The molecule has 0 aromatic carbocycles. The van der Waals surface area contributed by atoms with Crippen LogP contribution in [0.5, 0.6) is 0 Å². The highest BCUT2D eigenvalue weighted by Crippen LogP contribution is 2.55. The summed E-state index contributed by atoms with van der Waals surface area (Å²) in [5.41, 5.74) is 1.77. The molecular weight excluding hydrogens is 665 g/mol. The van der Waals surface area contributed by atoms with Gasteiger partial charge in [-0.1, -0.05) is 117 Å². The van der Waals surface area contributed by atoms with Crippen LogP contribution in [0.1, 0.15) is 155 Å². The van der Waals surface area contributed by atoms with Crippen molar-refractivity contribution in [1.82, 2.24) is 5.32 Å². The number of unbranched alkanes of at least 4 members (excludes halogenated alkanes) is 16. The molecule has 0 aliphatic carbocycles. The largest absolute Gasteiger partial charge is 0.462 e. The maximum atomic E-state index is 13.4. The van der Waals surface area contributed by atoms with Gasteiger partial charge in [0, 0.05) is 37.3 Å². The third-order valence-electron chi connectivity index (χ3n) is 8.01. The molecule has 0 aliphatic rings. The fourth-order valence-corrected chi connectivity index (χ4v) is 6.39. The summed E-state index contributed by atoms with van der Waals surface area (Å²) in [4.78, 5) is 54.6. The number of ether oxygens (including phenoxy) is 2. The van der Waals surface area contributed by atoms with Crippen LogP contribution in [0.2, 0.25) is 0 Å². The summed E-state index contributed by atoms with van der Waals surface area (Å²) in [7, 11) is -5.57. The second kappa shape index (κ2) is 29.5. The molecule has 5 N–H and O–H groups in total. The monoisotopic (exact) mass is 730 g/mol. The zero-order chi connectivity index (χ0) is 36.1. The maximum Gasteiger partial charge on any atom is 0.394 e. The first-order valence-corrected chi connectivity index (χ1v) is 21.0. The van der Waals surface area contributed by atoms with Crippen LogP contribution in [0.4, 0.5) is 8.78 Å². The maximum absolute atomic E-state index is 13.4. The predicted octanol–water partition coefficient (Wildman–Crippen LogP) is 8.01. The molecule has 0 aliphatic heterocycles. The summed E-state index contributed by atoms with van der Waals surface area (Å²) in [5, 5.41) is 2.39. The smallest absolute Gasteiger partial charge is 0.394 e. The lowest BCUT2D eigenvalue weighted by molar-refractivity contribution is -0.157. The molecule has 284 valence electrons. The molecule has 0 fully saturated rings. The van der Waals surface area contributed by atoms with Crippen molar-refractivity contribution in [2.24, 2.45) is 5.73 Å². The molecule has 0 aromatic heterocycles. The SMILES string of the molecule is CCCCCCCCCCCC(=O)OC[C@H](CSC[C@@H](N)C(=O)NCCCC(F)(F)P(=O)(O)O)OC(=O)CCCCCCCCCCC. The summed E-state index contributed by atoms with van der Waals surface area (Å²) < 4.78 is 48.7. The lowest BCUT2D eigenvalue weighted by atomic mass is 10.1. The highest BCUT2D eigenvalue weighted by molar-refractivity contribution is 7.99. The standard InChI is InChI=1S/C34H65F2N2O8PS/c1-3-5-7-9-11-13-15-17-19-22-31(39)45-26-29(46-32(40)23-20-18-16-14-12-10-8-6-4-2)27-48-28-30(37)33(41)38-25-21-24-34(35,36)47(42,43)44/h29-30H,3-28,37H2,1-2H3,(H,38,41)(H2,42,43,44)/t29-,30-/m1/s1. The molecule has 0 rings (SSSR count). The van der Waals surface area contributed by atoms with E-state index in [0.717, 1.165) is 44.9 Å². The van der Waals surface area contributed by atoms with Crippen molar-refractivity contribution in [3.8, 4) is 0 Å². The number of carbonyl (C=O) groups excluding carboxylic acids is 3. The van der Waals surface area contributed by atoms with Crippen LogP contribution in [-0.4, -0.2) is 70.1 Å². The van der Waals surface area contributed by atoms with Gasteiger partial charge in [0.05, 0.1) is 6.04 Å². The molecule has 48 heavy (non-hydrogen) atoms. The lowest BCUT2D eigenvalue weighted by Crippen LogP contribution is -2.43. The van der Waals surface area contributed by atoms with E-state index in [2.05, 4.69) is 19.2 Å². The van der Waals surface area contributed by atoms with Crippen molar-refractivity contribution < 1.29 is 47.0 Å². The van der Waals surface area contributed by atoms with Gasteiger partial charge in [0.25, 0.3) is 0 Å². The van der Waals surface area contributed by atoms with Crippen molar-refractivity contribution in [1.29, 1.82) is 0 Å². The Bertz CT molecular complexity index is 897. The van der Waals surface area contributed by atoms with E-state index in [9.17, 15) is 27.7 Å². The van der Waals surface area contributed by atoms with Gasteiger partial charge in [-0.2, -0.15) is 20.5 Å². The van der Waals surface area contributed by atoms with E-state index in [1.165, 1.54) is 82.4 Å². The molecule has 0 saturated heterocycles. The first-order chi connectivity index (χ1) is 22.8. The summed E-state index contributed by atoms with van der Waals surface area (Å²) in [6.45, 7) is 4.08. The molecule has 0 radical (unpaired) electrons. The van der Waals surface area contributed by atoms with Gasteiger partial charge in [-0.05, 0) is 19.3 Å². The van der Waals surface area contributed by atoms with Crippen molar-refractivity contribution in [2.75, 3.05) is 24.7 Å². The Hall–Kier alpha value is -1.27. The third kappa shape index (κ3) is 26.6. The van der Waals surface area contributed by atoms with Crippen molar-refractivity contribution in [3.05, 3.63) is 0 Å². The fourth-order valence-electron chi connectivity index (χ4n) is 4.97. The number of amides is 1. The molecule has 0 unspecified atom stereocenters. The number of halogens is 2. The number of esters is 2. The van der Waals surface area contributed by atoms with E-state index in [1.54, 1.807) is 0 Å². The molecule has 0 aromatic rings. The first-order valence-electron chi connectivity index (χ1n) is 18.2. The minimum absolute atomic E-state index is 0.0953. The summed E-state index contributed by atoms with van der Waals surface area (Å²) in [6.07, 6.45) is 18.8. The lowest BCUT2D eigenvalue weighted by Gasteiger charge is -2.19. The zero-order valence-corrected chi connectivity index (χ0v) is 31.3. The first kappa shape index (κ1) is 46.7. The number of thioether (sulfide) groups is 1. The van der Waals surface area contributed by atoms with Crippen LogP contribution in [0, 0.1) is 0 Å². The van der Waals surface area contributed by atoms with Gasteiger partial charge < -0.3 is 30.3 Å². The van der Waals surface area contributed by atoms with E-state index in [4.69, 9.17) is 25.0 Å². The number of alkyl halides is 2. The molecule has 10 nitrogen and oxygen atoms in total. The quantitative estimate of drug-likeness (QED) is 0.0295. The number of nitrogens with two attached hydrogens (primary N) is 1. The van der Waals surface area contributed by atoms with Crippen molar-refractivity contribution in [3.63, 3.8) is 0 Å². The van der Waals surface area contributed by atoms with E-state index >= 15 is 0 Å².